The van der Waals surface area contributed by atoms with Crippen molar-refractivity contribution in [3.8, 4) is 11.5 Å². The molecule has 1 amide bonds. The van der Waals surface area contributed by atoms with Crippen molar-refractivity contribution < 1.29 is 18.7 Å². The van der Waals surface area contributed by atoms with E-state index in [9.17, 15) is 14.0 Å². The molecule has 186 valence electrons. The third-order valence-electron chi connectivity index (χ3n) is 6.45. The molecule has 10 nitrogen and oxygen atoms in total. The second kappa shape index (κ2) is 9.76. The molecule has 11 heteroatoms. The summed E-state index contributed by atoms with van der Waals surface area (Å²) in [6.45, 7) is 1.32. The number of hydrogen-bond donors (Lipinski definition) is 1. The SMILES string of the molecule is COc1ccc(C(=O)N2CCC(c3nc4c(nnn4Cc4ccc(F)cc4)c(=O)[nH]3)CC2)c(OC)c1. The number of aromatic amines is 1. The van der Waals surface area contributed by atoms with Crippen molar-refractivity contribution in [1.82, 2.24) is 29.9 Å². The number of hydrogen-bond acceptors (Lipinski definition) is 7. The van der Waals surface area contributed by atoms with Gasteiger partial charge in [0.1, 0.15) is 23.1 Å². The number of piperidine rings is 1. The van der Waals surface area contributed by atoms with Gasteiger partial charge >= 0.3 is 0 Å². The van der Waals surface area contributed by atoms with E-state index in [1.165, 1.54) is 23.9 Å². The summed E-state index contributed by atoms with van der Waals surface area (Å²) >= 11 is 0. The molecule has 0 bridgehead atoms. The lowest BCUT2D eigenvalue weighted by molar-refractivity contribution is 0.0707. The Morgan fingerprint density at radius 1 is 1.11 bits per heavy atom. The number of ether oxygens (including phenoxy) is 2. The summed E-state index contributed by atoms with van der Waals surface area (Å²) < 4.78 is 25.4. The van der Waals surface area contributed by atoms with Crippen molar-refractivity contribution >= 4 is 17.1 Å². The number of nitrogens with one attached hydrogen (secondary N) is 1. The largest absolute Gasteiger partial charge is 0.497 e. The van der Waals surface area contributed by atoms with Crippen LogP contribution in [0, 0.1) is 5.82 Å². The van der Waals surface area contributed by atoms with E-state index in [1.807, 2.05) is 0 Å². The summed E-state index contributed by atoms with van der Waals surface area (Å²) in [5, 5.41) is 8.05. The van der Waals surface area contributed by atoms with E-state index in [0.29, 0.717) is 61.0 Å². The lowest BCUT2D eigenvalue weighted by Gasteiger charge is -2.31. The van der Waals surface area contributed by atoms with E-state index in [0.717, 1.165) is 5.56 Å². The molecule has 4 aromatic rings. The number of nitrogens with zero attached hydrogens (tertiary/aromatic N) is 5. The van der Waals surface area contributed by atoms with Gasteiger partial charge in [0.25, 0.3) is 11.5 Å². The van der Waals surface area contributed by atoms with Crippen molar-refractivity contribution in [2.24, 2.45) is 0 Å². The number of methoxy groups -OCH3 is 2. The number of carbonyl (C=O) groups is 1. The van der Waals surface area contributed by atoms with Crippen LogP contribution in [-0.4, -0.2) is 63.1 Å². The van der Waals surface area contributed by atoms with Gasteiger partial charge in [-0.15, -0.1) is 5.10 Å². The van der Waals surface area contributed by atoms with Gasteiger partial charge in [-0.05, 0) is 42.7 Å². The Balaban J connectivity index is 1.33. The van der Waals surface area contributed by atoms with Crippen molar-refractivity contribution in [2.75, 3.05) is 27.3 Å². The minimum Gasteiger partial charge on any atom is -0.497 e. The molecule has 1 saturated heterocycles. The molecule has 0 atom stereocenters. The number of amides is 1. The number of halogens is 1. The molecule has 0 radical (unpaired) electrons. The maximum Gasteiger partial charge on any atom is 0.281 e. The Hall–Kier alpha value is -4.28. The Bertz CT molecular complexity index is 1460. The van der Waals surface area contributed by atoms with Crippen molar-refractivity contribution in [2.45, 2.75) is 25.3 Å². The number of aromatic nitrogens is 5. The molecule has 36 heavy (non-hydrogen) atoms. The first-order valence-electron chi connectivity index (χ1n) is 11.6. The lowest BCUT2D eigenvalue weighted by Crippen LogP contribution is -2.38. The van der Waals surface area contributed by atoms with Gasteiger partial charge in [-0.3, -0.25) is 9.59 Å². The third kappa shape index (κ3) is 4.51. The summed E-state index contributed by atoms with van der Waals surface area (Å²) in [6, 6.07) is 11.2. The van der Waals surface area contributed by atoms with Crippen LogP contribution in [0.5, 0.6) is 11.5 Å². The molecule has 0 aliphatic carbocycles. The average Bonchev–Trinajstić information content (AvgIpc) is 3.32. The minimum atomic E-state index is -0.359. The molecule has 0 spiro atoms. The van der Waals surface area contributed by atoms with Gasteiger partial charge in [0.2, 0.25) is 0 Å². The highest BCUT2D eigenvalue weighted by molar-refractivity contribution is 5.97. The first-order chi connectivity index (χ1) is 17.5. The Kier molecular flexibility index (Phi) is 6.36. The highest BCUT2D eigenvalue weighted by Crippen LogP contribution is 2.30. The van der Waals surface area contributed by atoms with E-state index in [4.69, 9.17) is 9.47 Å². The zero-order chi connectivity index (χ0) is 25.2. The van der Waals surface area contributed by atoms with Crippen LogP contribution < -0.4 is 15.0 Å². The van der Waals surface area contributed by atoms with Gasteiger partial charge in [-0.25, -0.2) is 14.1 Å². The molecule has 0 unspecified atom stereocenters. The molecule has 5 rings (SSSR count). The summed E-state index contributed by atoms with van der Waals surface area (Å²) in [5.41, 5.74) is 1.45. The maximum atomic E-state index is 13.2. The highest BCUT2D eigenvalue weighted by atomic mass is 19.1. The molecule has 1 N–H and O–H groups in total. The summed E-state index contributed by atoms with van der Waals surface area (Å²) in [7, 11) is 3.08. The van der Waals surface area contributed by atoms with Gasteiger partial charge < -0.3 is 19.4 Å². The highest BCUT2D eigenvalue weighted by Gasteiger charge is 2.28. The molecular weight excluding hydrogens is 467 g/mol. The fraction of sp³-hybridized carbons (Fsp3) is 0.320. The van der Waals surface area contributed by atoms with E-state index < -0.39 is 0 Å². The molecule has 1 aliphatic rings. The van der Waals surface area contributed by atoms with Gasteiger partial charge in [-0.1, -0.05) is 17.3 Å². The van der Waals surface area contributed by atoms with E-state index >= 15 is 0 Å². The number of H-pyrrole nitrogens is 1. The lowest BCUT2D eigenvalue weighted by atomic mass is 9.95. The fourth-order valence-corrected chi connectivity index (χ4v) is 4.45. The van der Waals surface area contributed by atoms with E-state index in [2.05, 4.69) is 20.3 Å². The summed E-state index contributed by atoms with van der Waals surface area (Å²) in [4.78, 5) is 35.1. The van der Waals surface area contributed by atoms with Crippen LogP contribution in [0.15, 0.2) is 47.3 Å². The molecular formula is C25H25FN6O4. The molecule has 2 aromatic carbocycles. The van der Waals surface area contributed by atoms with Gasteiger partial charge in [0, 0.05) is 25.1 Å². The Labute approximate surface area is 205 Å². The zero-order valence-electron chi connectivity index (χ0n) is 19.9. The third-order valence-corrected chi connectivity index (χ3v) is 6.45. The van der Waals surface area contributed by atoms with Crippen LogP contribution in [0.3, 0.4) is 0 Å². The first-order valence-corrected chi connectivity index (χ1v) is 11.6. The second-order valence-electron chi connectivity index (χ2n) is 8.63. The Morgan fingerprint density at radius 3 is 2.56 bits per heavy atom. The van der Waals surface area contributed by atoms with E-state index in [1.54, 1.807) is 42.3 Å². The van der Waals surface area contributed by atoms with Crippen molar-refractivity contribution in [3.63, 3.8) is 0 Å². The van der Waals surface area contributed by atoms with Gasteiger partial charge in [0.15, 0.2) is 11.2 Å². The average molecular weight is 493 g/mol. The van der Waals surface area contributed by atoms with E-state index in [-0.39, 0.29) is 28.7 Å². The van der Waals surface area contributed by atoms with Gasteiger partial charge in [-0.2, -0.15) is 0 Å². The van der Waals surface area contributed by atoms with Crippen LogP contribution in [0.1, 0.15) is 40.5 Å². The van der Waals surface area contributed by atoms with Gasteiger partial charge in [0.05, 0.1) is 26.3 Å². The van der Waals surface area contributed by atoms with Crippen molar-refractivity contribution in [1.29, 1.82) is 0 Å². The monoisotopic (exact) mass is 492 g/mol. The number of carbonyl (C=O) groups excluding carboxylic acids is 1. The quantitative estimate of drug-likeness (QED) is 0.440. The molecule has 3 heterocycles. The van der Waals surface area contributed by atoms with Crippen LogP contribution in [-0.2, 0) is 6.54 Å². The summed E-state index contributed by atoms with van der Waals surface area (Å²) in [6.07, 6.45) is 1.27. The van der Waals surface area contributed by atoms with Crippen LogP contribution in [0.25, 0.3) is 11.2 Å². The number of benzene rings is 2. The number of likely N-dealkylation sites (tertiary alicyclic amines) is 1. The van der Waals surface area contributed by atoms with Crippen molar-refractivity contribution in [3.05, 3.63) is 75.6 Å². The second-order valence-corrected chi connectivity index (χ2v) is 8.63. The normalized spacial score (nSPS) is 14.2. The zero-order valence-corrected chi connectivity index (χ0v) is 19.9. The van der Waals surface area contributed by atoms with Crippen LogP contribution >= 0.6 is 0 Å². The fourth-order valence-electron chi connectivity index (χ4n) is 4.45. The molecule has 1 fully saturated rings. The topological polar surface area (TPSA) is 115 Å². The maximum absolute atomic E-state index is 13.2. The smallest absolute Gasteiger partial charge is 0.281 e. The Morgan fingerprint density at radius 2 is 1.86 bits per heavy atom. The number of rotatable bonds is 6. The first kappa shape index (κ1) is 23.5. The van der Waals surface area contributed by atoms with Crippen LogP contribution in [0.4, 0.5) is 4.39 Å². The standard InChI is InChI=1S/C25H25FN6O4/c1-35-18-7-8-19(20(13-18)36-2)25(34)31-11-9-16(10-12-31)22-27-23-21(24(33)28-22)29-30-32(23)14-15-3-5-17(26)6-4-15/h3-8,13,16H,9-12,14H2,1-2H3,(H,27,28,33). The number of fused-ring (bicyclic) bond motifs is 1. The van der Waals surface area contributed by atoms with Crippen LogP contribution in [0.2, 0.25) is 0 Å². The summed E-state index contributed by atoms with van der Waals surface area (Å²) in [5.74, 6) is 1.14. The molecule has 2 aromatic heterocycles. The molecule has 0 saturated carbocycles. The minimum absolute atomic E-state index is 0.0296. The predicted octanol–water partition coefficient (Wildman–Crippen LogP) is 2.74. The molecule has 1 aliphatic heterocycles. The predicted molar refractivity (Wildman–Crippen MR) is 129 cm³/mol.